The van der Waals surface area contributed by atoms with Crippen molar-refractivity contribution in [2.75, 3.05) is 6.54 Å². The smallest absolute Gasteiger partial charge is 0.0371 e. The first-order valence-corrected chi connectivity index (χ1v) is 7.93. The Balaban J connectivity index is 2.31. The number of rotatable bonds is 5. The fourth-order valence-corrected chi connectivity index (χ4v) is 3.19. The topological polar surface area (TPSA) is 12.0 Å². The van der Waals surface area contributed by atoms with Crippen molar-refractivity contribution < 1.29 is 0 Å². The lowest BCUT2D eigenvalue weighted by atomic mass is 9.77. The van der Waals surface area contributed by atoms with E-state index in [1.165, 1.54) is 37.7 Å². The fraction of sp³-hybridized carbons (Fsp3) is 0.667. The summed E-state index contributed by atoms with van der Waals surface area (Å²) in [5, 5.41) is 3.70. The van der Waals surface area contributed by atoms with E-state index in [1.54, 1.807) is 11.1 Å². The van der Waals surface area contributed by atoms with Gasteiger partial charge < -0.3 is 5.32 Å². The van der Waals surface area contributed by atoms with Gasteiger partial charge in [-0.15, -0.1) is 0 Å². The van der Waals surface area contributed by atoms with Gasteiger partial charge in [0.1, 0.15) is 0 Å². The third-order valence-corrected chi connectivity index (χ3v) is 4.81. The maximum Gasteiger partial charge on any atom is 0.0371 e. The van der Waals surface area contributed by atoms with E-state index in [4.69, 9.17) is 0 Å². The fourth-order valence-electron chi connectivity index (χ4n) is 3.19. The normalized spacial score (nSPS) is 17.1. The van der Waals surface area contributed by atoms with E-state index >= 15 is 0 Å². The van der Waals surface area contributed by atoms with Crippen LogP contribution in [0.2, 0.25) is 0 Å². The Morgan fingerprint density at radius 3 is 2.42 bits per heavy atom. The van der Waals surface area contributed by atoms with Gasteiger partial charge in [-0.3, -0.25) is 0 Å². The highest BCUT2D eigenvalue weighted by Crippen LogP contribution is 2.37. The summed E-state index contributed by atoms with van der Waals surface area (Å²) in [5.41, 5.74) is 4.96. The predicted octanol–water partition coefficient (Wildman–Crippen LogP) is 4.65. The van der Waals surface area contributed by atoms with E-state index < -0.39 is 0 Å². The maximum atomic E-state index is 3.70. The summed E-state index contributed by atoms with van der Waals surface area (Å²) >= 11 is 0. The van der Waals surface area contributed by atoms with Crippen LogP contribution in [0.3, 0.4) is 0 Å². The number of hydrogen-bond acceptors (Lipinski definition) is 1. The van der Waals surface area contributed by atoms with E-state index in [0.717, 1.165) is 6.54 Å². The average Bonchev–Trinajstić information content (AvgIpc) is 2.44. The van der Waals surface area contributed by atoms with Crippen molar-refractivity contribution in [2.45, 2.75) is 65.8 Å². The highest BCUT2D eigenvalue weighted by molar-refractivity contribution is 5.35. The lowest BCUT2D eigenvalue weighted by Gasteiger charge is -2.35. The molecule has 0 bridgehead atoms. The molecule has 0 aromatic heterocycles. The van der Waals surface area contributed by atoms with Crippen LogP contribution in [0.25, 0.3) is 0 Å². The molecular weight excluding hydrogens is 230 g/mol. The van der Waals surface area contributed by atoms with Crippen LogP contribution in [-0.2, 0) is 12.8 Å². The zero-order valence-corrected chi connectivity index (χ0v) is 13.1. The minimum absolute atomic E-state index is 0.304. The molecule has 0 fully saturated rings. The molecule has 1 N–H and O–H groups in total. The summed E-state index contributed by atoms with van der Waals surface area (Å²) in [6, 6.07) is 7.67. The van der Waals surface area contributed by atoms with Crippen molar-refractivity contribution in [1.82, 2.24) is 5.32 Å². The summed E-state index contributed by atoms with van der Waals surface area (Å²) < 4.78 is 0. The molecule has 1 aliphatic carbocycles. The molecule has 0 radical (unpaired) electrons. The number of nitrogens with one attached hydrogen (secondary N) is 1. The van der Waals surface area contributed by atoms with Crippen LogP contribution in [0.15, 0.2) is 18.2 Å². The highest BCUT2D eigenvalue weighted by atomic mass is 14.9. The van der Waals surface area contributed by atoms with Gasteiger partial charge in [-0.25, -0.2) is 0 Å². The molecule has 1 unspecified atom stereocenters. The van der Waals surface area contributed by atoms with E-state index in [0.29, 0.717) is 11.5 Å². The van der Waals surface area contributed by atoms with E-state index in [9.17, 15) is 0 Å². The van der Waals surface area contributed by atoms with Crippen LogP contribution < -0.4 is 5.32 Å². The second-order valence-electron chi connectivity index (χ2n) is 6.57. The standard InChI is InChI=1S/C18H29N/c1-5-18(3,4)17(19-6-2)16-12-11-14-9-7-8-10-15(14)13-16/h11-13,17,19H,5-10H2,1-4H3. The molecule has 1 aliphatic rings. The SMILES string of the molecule is CCNC(c1ccc2c(c1)CCCC2)C(C)(C)CC. The average molecular weight is 259 g/mol. The summed E-state index contributed by atoms with van der Waals surface area (Å²) in [7, 11) is 0. The number of fused-ring (bicyclic) bond motifs is 1. The number of aryl methyl sites for hydroxylation is 2. The van der Waals surface area contributed by atoms with Crippen LogP contribution in [-0.4, -0.2) is 6.54 Å². The molecule has 1 heteroatoms. The molecule has 0 saturated heterocycles. The molecule has 0 amide bonds. The number of benzene rings is 1. The summed E-state index contributed by atoms with van der Waals surface area (Å²) in [4.78, 5) is 0. The van der Waals surface area contributed by atoms with Crippen molar-refractivity contribution in [3.05, 3.63) is 34.9 Å². The van der Waals surface area contributed by atoms with E-state index in [1.807, 2.05) is 0 Å². The van der Waals surface area contributed by atoms with E-state index in [-0.39, 0.29) is 0 Å². The largest absolute Gasteiger partial charge is 0.310 e. The van der Waals surface area contributed by atoms with Crippen molar-refractivity contribution in [2.24, 2.45) is 5.41 Å². The van der Waals surface area contributed by atoms with Gasteiger partial charge in [0.2, 0.25) is 0 Å². The molecule has 106 valence electrons. The Morgan fingerprint density at radius 2 is 1.79 bits per heavy atom. The lowest BCUT2D eigenvalue weighted by Crippen LogP contribution is -2.34. The molecule has 1 aromatic carbocycles. The zero-order valence-electron chi connectivity index (χ0n) is 13.1. The van der Waals surface area contributed by atoms with Crippen LogP contribution in [0.5, 0.6) is 0 Å². The van der Waals surface area contributed by atoms with Crippen LogP contribution in [0.4, 0.5) is 0 Å². The van der Waals surface area contributed by atoms with Crippen molar-refractivity contribution in [3.8, 4) is 0 Å². The Morgan fingerprint density at radius 1 is 1.11 bits per heavy atom. The lowest BCUT2D eigenvalue weighted by molar-refractivity contribution is 0.237. The van der Waals surface area contributed by atoms with Gasteiger partial charge in [-0.05, 0) is 60.8 Å². The first-order chi connectivity index (χ1) is 9.08. The minimum Gasteiger partial charge on any atom is -0.310 e. The first-order valence-electron chi connectivity index (χ1n) is 7.93. The van der Waals surface area contributed by atoms with Gasteiger partial charge in [0.05, 0.1) is 0 Å². The molecule has 2 rings (SSSR count). The summed E-state index contributed by atoms with van der Waals surface area (Å²) in [6.07, 6.45) is 6.47. The van der Waals surface area contributed by atoms with Gasteiger partial charge in [-0.1, -0.05) is 45.9 Å². The molecule has 0 aliphatic heterocycles. The summed E-state index contributed by atoms with van der Waals surface area (Å²) in [6.45, 7) is 10.3. The third-order valence-electron chi connectivity index (χ3n) is 4.81. The quantitative estimate of drug-likeness (QED) is 0.811. The minimum atomic E-state index is 0.304. The molecule has 19 heavy (non-hydrogen) atoms. The second kappa shape index (κ2) is 6.09. The third kappa shape index (κ3) is 3.20. The van der Waals surface area contributed by atoms with Crippen LogP contribution in [0.1, 0.15) is 69.7 Å². The molecule has 0 saturated carbocycles. The molecule has 0 spiro atoms. The monoisotopic (exact) mass is 259 g/mol. The van der Waals surface area contributed by atoms with Crippen molar-refractivity contribution in [3.63, 3.8) is 0 Å². The van der Waals surface area contributed by atoms with Gasteiger partial charge >= 0.3 is 0 Å². The van der Waals surface area contributed by atoms with E-state index in [2.05, 4.69) is 51.2 Å². The van der Waals surface area contributed by atoms with Crippen LogP contribution in [0, 0.1) is 5.41 Å². The van der Waals surface area contributed by atoms with Gasteiger partial charge in [-0.2, -0.15) is 0 Å². The Bertz CT molecular complexity index is 420. The number of hydrogen-bond donors (Lipinski definition) is 1. The van der Waals surface area contributed by atoms with Crippen LogP contribution >= 0.6 is 0 Å². The van der Waals surface area contributed by atoms with Crippen molar-refractivity contribution >= 4 is 0 Å². The molecule has 1 aromatic rings. The highest BCUT2D eigenvalue weighted by Gasteiger charge is 2.28. The van der Waals surface area contributed by atoms with Gasteiger partial charge in [0.15, 0.2) is 0 Å². The van der Waals surface area contributed by atoms with Crippen molar-refractivity contribution in [1.29, 1.82) is 0 Å². The molecule has 0 heterocycles. The summed E-state index contributed by atoms with van der Waals surface area (Å²) in [5.74, 6) is 0. The Hall–Kier alpha value is -0.820. The zero-order chi connectivity index (χ0) is 13.9. The Kier molecular flexibility index (Phi) is 4.67. The Labute approximate surface area is 118 Å². The molecular formula is C18H29N. The molecule has 1 atom stereocenters. The molecule has 1 nitrogen and oxygen atoms in total. The van der Waals surface area contributed by atoms with Gasteiger partial charge in [0, 0.05) is 6.04 Å². The second-order valence-corrected chi connectivity index (χ2v) is 6.57. The van der Waals surface area contributed by atoms with Gasteiger partial charge in [0.25, 0.3) is 0 Å². The first kappa shape index (κ1) is 14.6. The predicted molar refractivity (Wildman–Crippen MR) is 83.6 cm³/mol. The maximum absolute atomic E-state index is 3.70.